The average molecular weight is 260 g/mol. The maximum atomic E-state index is 12.3. The molecule has 1 amide bonds. The number of aryl methyl sites for hydroxylation is 1. The lowest BCUT2D eigenvalue weighted by Crippen LogP contribution is -2.27. The van der Waals surface area contributed by atoms with Gasteiger partial charge >= 0.3 is 0 Å². The summed E-state index contributed by atoms with van der Waals surface area (Å²) in [7, 11) is 0. The Bertz CT molecular complexity index is 474. The first kappa shape index (κ1) is 13.9. The van der Waals surface area contributed by atoms with Gasteiger partial charge in [-0.05, 0) is 62.6 Å². The van der Waals surface area contributed by atoms with E-state index in [1.54, 1.807) is 0 Å². The van der Waals surface area contributed by atoms with Crippen LogP contribution in [-0.2, 0) is 4.79 Å². The molecule has 1 aliphatic carbocycles. The smallest absolute Gasteiger partial charge is 0.227 e. The van der Waals surface area contributed by atoms with Gasteiger partial charge in [0.25, 0.3) is 0 Å². The fraction of sp³-hybridized carbons (Fsp3) is 0.562. The van der Waals surface area contributed by atoms with Gasteiger partial charge in [0.2, 0.25) is 5.91 Å². The van der Waals surface area contributed by atoms with E-state index >= 15 is 0 Å². The number of amides is 1. The maximum Gasteiger partial charge on any atom is 0.227 e. The third kappa shape index (κ3) is 3.09. The van der Waals surface area contributed by atoms with Crippen molar-refractivity contribution in [1.29, 1.82) is 0 Å². The van der Waals surface area contributed by atoms with Gasteiger partial charge in [0.05, 0.1) is 11.4 Å². The Morgan fingerprint density at radius 3 is 2.47 bits per heavy atom. The number of nitrogens with two attached hydrogens (primary N) is 1. The summed E-state index contributed by atoms with van der Waals surface area (Å²) >= 11 is 0. The first-order valence-corrected chi connectivity index (χ1v) is 7.15. The Hall–Kier alpha value is -1.51. The molecule has 0 atom stereocenters. The van der Waals surface area contributed by atoms with E-state index in [2.05, 4.69) is 12.2 Å². The lowest BCUT2D eigenvalue weighted by molar-refractivity contribution is -0.121. The van der Waals surface area contributed by atoms with Crippen LogP contribution in [0.1, 0.15) is 43.7 Å². The van der Waals surface area contributed by atoms with Crippen LogP contribution in [0.25, 0.3) is 0 Å². The molecule has 0 bridgehead atoms. The van der Waals surface area contributed by atoms with Gasteiger partial charge in [-0.25, -0.2) is 0 Å². The molecule has 19 heavy (non-hydrogen) atoms. The van der Waals surface area contributed by atoms with Crippen molar-refractivity contribution in [2.45, 2.75) is 46.5 Å². The molecule has 1 fully saturated rings. The van der Waals surface area contributed by atoms with E-state index in [4.69, 9.17) is 5.73 Å². The van der Waals surface area contributed by atoms with Crippen molar-refractivity contribution in [3.8, 4) is 0 Å². The number of nitrogen functional groups attached to an aromatic ring is 1. The summed E-state index contributed by atoms with van der Waals surface area (Å²) in [5.74, 6) is 1.04. The molecule has 1 aliphatic rings. The van der Waals surface area contributed by atoms with Crippen LogP contribution in [0.3, 0.4) is 0 Å². The summed E-state index contributed by atoms with van der Waals surface area (Å²) in [6.07, 6.45) is 4.30. The molecule has 2 rings (SSSR count). The number of benzene rings is 1. The summed E-state index contributed by atoms with van der Waals surface area (Å²) in [6.45, 7) is 6.30. The number of nitrogens with one attached hydrogen (secondary N) is 1. The highest BCUT2D eigenvalue weighted by Gasteiger charge is 2.25. The van der Waals surface area contributed by atoms with Gasteiger partial charge in [-0.15, -0.1) is 0 Å². The molecule has 104 valence electrons. The number of carbonyl (C=O) groups excluding carboxylic acids is 1. The predicted molar refractivity (Wildman–Crippen MR) is 80.1 cm³/mol. The molecule has 1 aromatic carbocycles. The fourth-order valence-corrected chi connectivity index (χ4v) is 2.75. The lowest BCUT2D eigenvalue weighted by Gasteiger charge is -2.26. The summed E-state index contributed by atoms with van der Waals surface area (Å²) in [5.41, 5.74) is 9.65. The summed E-state index contributed by atoms with van der Waals surface area (Å²) < 4.78 is 0. The second kappa shape index (κ2) is 5.64. The summed E-state index contributed by atoms with van der Waals surface area (Å²) in [5, 5.41) is 3.04. The van der Waals surface area contributed by atoms with Gasteiger partial charge in [-0.1, -0.05) is 13.0 Å². The first-order chi connectivity index (χ1) is 8.99. The molecule has 3 N–H and O–H groups in total. The zero-order valence-electron chi connectivity index (χ0n) is 12.1. The fourth-order valence-electron chi connectivity index (χ4n) is 2.75. The van der Waals surface area contributed by atoms with E-state index in [0.717, 1.165) is 48.4 Å². The van der Waals surface area contributed by atoms with Crippen LogP contribution < -0.4 is 11.1 Å². The van der Waals surface area contributed by atoms with Crippen LogP contribution >= 0.6 is 0 Å². The molecule has 1 saturated carbocycles. The van der Waals surface area contributed by atoms with Crippen molar-refractivity contribution in [2.24, 2.45) is 11.8 Å². The molecule has 1 aromatic rings. The van der Waals surface area contributed by atoms with Gasteiger partial charge in [0, 0.05) is 5.92 Å². The van der Waals surface area contributed by atoms with Crippen molar-refractivity contribution in [3.05, 3.63) is 23.3 Å². The highest BCUT2D eigenvalue weighted by molar-refractivity contribution is 5.96. The largest absolute Gasteiger partial charge is 0.397 e. The van der Waals surface area contributed by atoms with Crippen molar-refractivity contribution in [2.75, 3.05) is 11.1 Å². The monoisotopic (exact) mass is 260 g/mol. The van der Waals surface area contributed by atoms with Crippen molar-refractivity contribution < 1.29 is 4.79 Å². The van der Waals surface area contributed by atoms with Crippen LogP contribution in [-0.4, -0.2) is 5.91 Å². The van der Waals surface area contributed by atoms with Gasteiger partial charge in [-0.3, -0.25) is 4.79 Å². The molecule has 3 heteroatoms. The number of hydrogen-bond acceptors (Lipinski definition) is 2. The quantitative estimate of drug-likeness (QED) is 0.797. The first-order valence-electron chi connectivity index (χ1n) is 7.15. The second-order valence-corrected chi connectivity index (χ2v) is 5.92. The Morgan fingerprint density at radius 2 is 1.84 bits per heavy atom. The Balaban J connectivity index is 2.09. The SMILES string of the molecule is Cc1ccc(N)c(NC(=O)C2CCC(C)CC2)c1C. The minimum absolute atomic E-state index is 0.132. The zero-order valence-corrected chi connectivity index (χ0v) is 12.1. The van der Waals surface area contributed by atoms with Gasteiger partial charge < -0.3 is 11.1 Å². The molecule has 0 radical (unpaired) electrons. The Kier molecular flexibility index (Phi) is 4.13. The van der Waals surface area contributed by atoms with Gasteiger partial charge in [-0.2, -0.15) is 0 Å². The third-order valence-electron chi connectivity index (χ3n) is 4.40. The van der Waals surface area contributed by atoms with E-state index in [9.17, 15) is 4.79 Å². The highest BCUT2D eigenvalue weighted by Crippen LogP contribution is 2.31. The molecule has 0 spiro atoms. The molecule has 3 nitrogen and oxygen atoms in total. The van der Waals surface area contributed by atoms with E-state index in [1.165, 1.54) is 0 Å². The summed E-state index contributed by atoms with van der Waals surface area (Å²) in [6, 6.07) is 3.85. The molecule has 0 saturated heterocycles. The van der Waals surface area contributed by atoms with Crippen molar-refractivity contribution >= 4 is 17.3 Å². The minimum Gasteiger partial charge on any atom is -0.397 e. The van der Waals surface area contributed by atoms with Gasteiger partial charge in [0.15, 0.2) is 0 Å². The third-order valence-corrected chi connectivity index (χ3v) is 4.40. The van der Waals surface area contributed by atoms with Crippen molar-refractivity contribution in [1.82, 2.24) is 0 Å². The van der Waals surface area contributed by atoms with E-state index < -0.39 is 0 Å². The molecule has 0 unspecified atom stereocenters. The van der Waals surface area contributed by atoms with E-state index in [0.29, 0.717) is 5.69 Å². The van der Waals surface area contributed by atoms with Crippen LogP contribution in [0, 0.1) is 25.7 Å². The maximum absolute atomic E-state index is 12.3. The molecular formula is C16H24N2O. The predicted octanol–water partition coefficient (Wildman–Crippen LogP) is 3.65. The van der Waals surface area contributed by atoms with Crippen LogP contribution in [0.4, 0.5) is 11.4 Å². The van der Waals surface area contributed by atoms with Crippen LogP contribution in [0.5, 0.6) is 0 Å². The van der Waals surface area contributed by atoms with E-state index in [-0.39, 0.29) is 11.8 Å². The van der Waals surface area contributed by atoms with Gasteiger partial charge in [0.1, 0.15) is 0 Å². The Morgan fingerprint density at radius 1 is 1.21 bits per heavy atom. The van der Waals surface area contributed by atoms with Crippen LogP contribution in [0.2, 0.25) is 0 Å². The average Bonchev–Trinajstić information content (AvgIpc) is 2.40. The topological polar surface area (TPSA) is 55.1 Å². The normalized spacial score (nSPS) is 23.1. The highest BCUT2D eigenvalue weighted by atomic mass is 16.1. The molecular weight excluding hydrogens is 236 g/mol. The van der Waals surface area contributed by atoms with E-state index in [1.807, 2.05) is 26.0 Å². The lowest BCUT2D eigenvalue weighted by atomic mass is 9.82. The molecule has 0 heterocycles. The van der Waals surface area contributed by atoms with Crippen LogP contribution in [0.15, 0.2) is 12.1 Å². The standard InChI is InChI=1S/C16H24N2O/c1-10-4-7-13(8-5-10)16(19)18-15-12(3)11(2)6-9-14(15)17/h6,9-10,13H,4-5,7-8,17H2,1-3H3,(H,18,19). The number of hydrogen-bond donors (Lipinski definition) is 2. The Labute approximate surface area is 115 Å². The minimum atomic E-state index is 0.132. The number of rotatable bonds is 2. The second-order valence-electron chi connectivity index (χ2n) is 5.92. The number of anilines is 2. The molecule has 0 aromatic heterocycles. The van der Waals surface area contributed by atoms with Crippen molar-refractivity contribution in [3.63, 3.8) is 0 Å². The zero-order chi connectivity index (χ0) is 14.0. The summed E-state index contributed by atoms with van der Waals surface area (Å²) in [4.78, 5) is 12.3. The number of carbonyl (C=O) groups is 1. The molecule has 0 aliphatic heterocycles.